The molecule has 14 heavy (non-hydrogen) atoms. The summed E-state index contributed by atoms with van der Waals surface area (Å²) in [6, 6.07) is 7.34. The predicted octanol–water partition coefficient (Wildman–Crippen LogP) is 1.00. The van der Waals surface area contributed by atoms with Crippen LogP contribution in [0.1, 0.15) is 23.7 Å². The number of aliphatic hydroxyl groups is 2. The van der Waals surface area contributed by atoms with Crippen LogP contribution in [0.25, 0.3) is 0 Å². The summed E-state index contributed by atoms with van der Waals surface area (Å²) in [6.45, 7) is 0.813. The van der Waals surface area contributed by atoms with Crippen molar-refractivity contribution in [1.82, 2.24) is 0 Å². The molecule has 2 atom stereocenters. The monoisotopic (exact) mass is 194 g/mol. The second kappa shape index (κ2) is 4.09. The molecule has 1 aliphatic rings. The Bertz CT molecular complexity index is 290. The minimum absolute atomic E-state index is 0.0438. The van der Waals surface area contributed by atoms with Crippen molar-refractivity contribution in [3.8, 4) is 0 Å². The molecule has 1 heterocycles. The van der Waals surface area contributed by atoms with E-state index < -0.39 is 6.10 Å². The zero-order valence-corrected chi connectivity index (χ0v) is 7.89. The van der Waals surface area contributed by atoms with Crippen LogP contribution < -0.4 is 0 Å². The van der Waals surface area contributed by atoms with E-state index in [0.717, 1.165) is 17.7 Å². The average Bonchev–Trinajstić information content (AvgIpc) is 3.02. The lowest BCUT2D eigenvalue weighted by molar-refractivity contribution is 0.154. The standard InChI is InChI=1S/C11H14O3/c12-6-8-1-3-9(4-2-8)11(13)5-10-7-14-10/h1-4,10-13H,5-7H2/t10-,11-/m0/s1. The average molecular weight is 194 g/mol. The molecule has 0 radical (unpaired) electrons. The molecule has 76 valence electrons. The number of rotatable bonds is 4. The predicted molar refractivity (Wildman–Crippen MR) is 51.7 cm³/mol. The van der Waals surface area contributed by atoms with E-state index in [1.807, 2.05) is 24.3 Å². The molecule has 1 aromatic carbocycles. The summed E-state index contributed by atoms with van der Waals surface area (Å²) < 4.78 is 5.05. The van der Waals surface area contributed by atoms with Crippen LogP contribution in [0.15, 0.2) is 24.3 Å². The Morgan fingerprint density at radius 1 is 1.36 bits per heavy atom. The van der Waals surface area contributed by atoms with E-state index in [2.05, 4.69) is 0 Å². The fourth-order valence-electron chi connectivity index (χ4n) is 1.43. The second-order valence-corrected chi connectivity index (χ2v) is 3.61. The Morgan fingerprint density at radius 2 is 2.00 bits per heavy atom. The number of benzene rings is 1. The Hall–Kier alpha value is -0.900. The van der Waals surface area contributed by atoms with E-state index in [0.29, 0.717) is 6.42 Å². The Kier molecular flexibility index (Phi) is 2.82. The van der Waals surface area contributed by atoms with Crippen LogP contribution in [0.5, 0.6) is 0 Å². The fourth-order valence-corrected chi connectivity index (χ4v) is 1.43. The first kappa shape index (κ1) is 9.65. The van der Waals surface area contributed by atoms with Gasteiger partial charge >= 0.3 is 0 Å². The van der Waals surface area contributed by atoms with Gasteiger partial charge < -0.3 is 14.9 Å². The van der Waals surface area contributed by atoms with Gasteiger partial charge in [-0.05, 0) is 11.1 Å². The van der Waals surface area contributed by atoms with Crippen LogP contribution in [-0.4, -0.2) is 22.9 Å². The van der Waals surface area contributed by atoms with Gasteiger partial charge in [0.15, 0.2) is 0 Å². The van der Waals surface area contributed by atoms with Gasteiger partial charge in [0.25, 0.3) is 0 Å². The number of epoxide rings is 1. The van der Waals surface area contributed by atoms with Gasteiger partial charge in [-0.25, -0.2) is 0 Å². The molecule has 0 aromatic heterocycles. The van der Waals surface area contributed by atoms with Gasteiger partial charge in [-0.2, -0.15) is 0 Å². The van der Waals surface area contributed by atoms with Gasteiger partial charge in [-0.1, -0.05) is 24.3 Å². The number of aliphatic hydroxyl groups excluding tert-OH is 2. The van der Waals surface area contributed by atoms with Crippen molar-refractivity contribution in [2.45, 2.75) is 25.2 Å². The Morgan fingerprint density at radius 3 is 2.50 bits per heavy atom. The van der Waals surface area contributed by atoms with Crippen LogP contribution in [0.2, 0.25) is 0 Å². The lowest BCUT2D eigenvalue weighted by Crippen LogP contribution is -2.01. The molecule has 0 amide bonds. The van der Waals surface area contributed by atoms with Gasteiger partial charge in [0.1, 0.15) is 0 Å². The third-order valence-electron chi connectivity index (χ3n) is 2.44. The van der Waals surface area contributed by atoms with E-state index in [1.165, 1.54) is 0 Å². The Balaban J connectivity index is 1.99. The van der Waals surface area contributed by atoms with Crippen LogP contribution in [0, 0.1) is 0 Å². The maximum absolute atomic E-state index is 9.75. The first-order chi connectivity index (χ1) is 6.79. The van der Waals surface area contributed by atoms with E-state index in [4.69, 9.17) is 9.84 Å². The smallest absolute Gasteiger partial charge is 0.0837 e. The summed E-state index contributed by atoms with van der Waals surface area (Å²) in [5.74, 6) is 0. The van der Waals surface area contributed by atoms with E-state index >= 15 is 0 Å². The second-order valence-electron chi connectivity index (χ2n) is 3.61. The molecule has 0 bridgehead atoms. The molecule has 2 N–H and O–H groups in total. The summed E-state index contributed by atoms with van der Waals surface area (Å²) in [4.78, 5) is 0. The zero-order chi connectivity index (χ0) is 9.97. The van der Waals surface area contributed by atoms with E-state index in [1.54, 1.807) is 0 Å². The minimum Gasteiger partial charge on any atom is -0.392 e. The summed E-state index contributed by atoms with van der Waals surface area (Å²) in [5, 5.41) is 18.6. The van der Waals surface area contributed by atoms with Crippen molar-refractivity contribution in [3.63, 3.8) is 0 Å². The molecular formula is C11H14O3. The van der Waals surface area contributed by atoms with Crippen molar-refractivity contribution in [1.29, 1.82) is 0 Å². The number of hydrogen-bond donors (Lipinski definition) is 2. The maximum Gasteiger partial charge on any atom is 0.0837 e. The highest BCUT2D eigenvalue weighted by Crippen LogP contribution is 2.25. The molecule has 0 aliphatic carbocycles. The molecule has 3 heteroatoms. The topological polar surface area (TPSA) is 53.0 Å². The van der Waals surface area contributed by atoms with Crippen LogP contribution in [0.3, 0.4) is 0 Å². The van der Waals surface area contributed by atoms with E-state index in [-0.39, 0.29) is 12.7 Å². The van der Waals surface area contributed by atoms with Gasteiger partial charge in [0.2, 0.25) is 0 Å². The van der Waals surface area contributed by atoms with Crippen LogP contribution in [0.4, 0.5) is 0 Å². The highest BCUT2D eigenvalue weighted by molar-refractivity contribution is 5.23. The molecule has 0 unspecified atom stereocenters. The van der Waals surface area contributed by atoms with Crippen molar-refractivity contribution < 1.29 is 14.9 Å². The van der Waals surface area contributed by atoms with Crippen LogP contribution in [-0.2, 0) is 11.3 Å². The summed E-state index contributed by atoms with van der Waals surface area (Å²) in [6.07, 6.45) is 0.455. The molecule has 1 aliphatic heterocycles. The molecule has 1 saturated heterocycles. The molecule has 0 spiro atoms. The fraction of sp³-hybridized carbons (Fsp3) is 0.455. The van der Waals surface area contributed by atoms with Crippen molar-refractivity contribution in [2.24, 2.45) is 0 Å². The molecular weight excluding hydrogens is 180 g/mol. The Labute approximate surface area is 83.0 Å². The lowest BCUT2D eigenvalue weighted by Gasteiger charge is -2.09. The third-order valence-corrected chi connectivity index (χ3v) is 2.44. The molecule has 2 rings (SSSR count). The van der Waals surface area contributed by atoms with Crippen LogP contribution >= 0.6 is 0 Å². The molecule has 1 aromatic rings. The SMILES string of the molecule is OCc1ccc([C@@H](O)C[C@H]2CO2)cc1. The molecule has 1 fully saturated rings. The maximum atomic E-state index is 9.75. The first-order valence-corrected chi connectivity index (χ1v) is 4.79. The molecule has 0 saturated carbocycles. The minimum atomic E-state index is -0.449. The largest absolute Gasteiger partial charge is 0.392 e. The first-order valence-electron chi connectivity index (χ1n) is 4.79. The van der Waals surface area contributed by atoms with Crippen molar-refractivity contribution in [3.05, 3.63) is 35.4 Å². The summed E-state index contributed by atoms with van der Waals surface area (Å²) in [7, 11) is 0. The normalized spacial score (nSPS) is 22.0. The summed E-state index contributed by atoms with van der Waals surface area (Å²) in [5.41, 5.74) is 1.75. The highest BCUT2D eigenvalue weighted by Gasteiger charge is 2.26. The summed E-state index contributed by atoms with van der Waals surface area (Å²) >= 11 is 0. The van der Waals surface area contributed by atoms with Crippen molar-refractivity contribution >= 4 is 0 Å². The van der Waals surface area contributed by atoms with Gasteiger partial charge in [-0.3, -0.25) is 0 Å². The highest BCUT2D eigenvalue weighted by atomic mass is 16.6. The quantitative estimate of drug-likeness (QED) is 0.703. The lowest BCUT2D eigenvalue weighted by atomic mass is 10.0. The molecule has 3 nitrogen and oxygen atoms in total. The van der Waals surface area contributed by atoms with Gasteiger partial charge in [0.05, 0.1) is 25.4 Å². The number of hydrogen-bond acceptors (Lipinski definition) is 3. The van der Waals surface area contributed by atoms with Crippen molar-refractivity contribution in [2.75, 3.05) is 6.61 Å². The number of ether oxygens (including phenoxy) is 1. The third kappa shape index (κ3) is 2.32. The van der Waals surface area contributed by atoms with Gasteiger partial charge in [-0.15, -0.1) is 0 Å². The van der Waals surface area contributed by atoms with Gasteiger partial charge in [0, 0.05) is 6.42 Å². The zero-order valence-electron chi connectivity index (χ0n) is 7.89. The van der Waals surface area contributed by atoms with E-state index in [9.17, 15) is 5.11 Å².